The lowest BCUT2D eigenvalue weighted by Gasteiger charge is -2.43. The van der Waals surface area contributed by atoms with Crippen LogP contribution < -0.4 is 4.74 Å². The van der Waals surface area contributed by atoms with E-state index in [4.69, 9.17) is 33.2 Å². The Labute approximate surface area is 451 Å². The summed E-state index contributed by atoms with van der Waals surface area (Å²) in [4.78, 5) is 73.0. The zero-order valence-electron chi connectivity index (χ0n) is 46.6. The van der Waals surface area contributed by atoms with E-state index in [9.17, 15) is 39.3 Å². The van der Waals surface area contributed by atoms with Gasteiger partial charge in [-0.2, -0.15) is 0 Å². The number of para-hydroxylation sites is 1. The Morgan fingerprint density at radius 1 is 0.816 bits per heavy atom. The maximum Gasteiger partial charge on any atom is 0.329 e. The van der Waals surface area contributed by atoms with Gasteiger partial charge in [-0.25, -0.2) is 4.79 Å². The minimum absolute atomic E-state index is 0.0129. The zero-order valence-corrected chi connectivity index (χ0v) is 46.6. The Kier molecular flexibility index (Phi) is 25.2. The number of ether oxygens (including phenoxy) is 7. The molecule has 2 saturated heterocycles. The van der Waals surface area contributed by atoms with Crippen molar-refractivity contribution in [1.29, 1.82) is 0 Å². The van der Waals surface area contributed by atoms with E-state index in [0.717, 1.165) is 12.0 Å². The van der Waals surface area contributed by atoms with Gasteiger partial charge in [-0.15, -0.1) is 0 Å². The number of Topliss-reactive ketones (excluding diaryl/α,β-unsaturated/α-hetero) is 3. The van der Waals surface area contributed by atoms with E-state index in [2.05, 4.69) is 0 Å². The molecule has 3 heterocycles. The van der Waals surface area contributed by atoms with Gasteiger partial charge >= 0.3 is 5.97 Å². The fourth-order valence-corrected chi connectivity index (χ4v) is 11.3. The number of fused-ring (bicyclic) bond motifs is 3. The molecule has 5 rings (SSSR count). The van der Waals surface area contributed by atoms with Crippen LogP contribution in [0.2, 0.25) is 0 Å². The summed E-state index contributed by atoms with van der Waals surface area (Å²) in [6, 6.07) is 8.21. The van der Waals surface area contributed by atoms with E-state index in [-0.39, 0.29) is 93.8 Å². The molecular weight excluding hydrogens is 975 g/mol. The van der Waals surface area contributed by atoms with Crippen molar-refractivity contribution in [2.45, 2.75) is 180 Å². The number of hydrogen-bond donors (Lipinski definition) is 3. The number of benzene rings is 1. The number of carbonyl (C=O) groups excluding carboxylic acids is 5. The van der Waals surface area contributed by atoms with Gasteiger partial charge in [-0.1, -0.05) is 89.3 Å². The maximum absolute atomic E-state index is 14.6. The lowest BCUT2D eigenvalue weighted by Crippen LogP contribution is -2.61. The maximum atomic E-state index is 14.6. The van der Waals surface area contributed by atoms with E-state index in [0.29, 0.717) is 62.7 Å². The minimum Gasteiger partial charge on any atom is -0.491 e. The van der Waals surface area contributed by atoms with Crippen molar-refractivity contribution >= 4 is 29.2 Å². The summed E-state index contributed by atoms with van der Waals surface area (Å²) >= 11 is 0. The SMILES string of the molecule is CO[C@@H]1C[C@H](C[C@@H](C)[C@@H]2CC(=O)[C@H](C)/C=C(\C)[C@@H](O)[C@@H](OC)C(=O)[C@H](C)C[C@H](C)/C=C/C=C/C=C(\C)[C@H](OCCOc3ccccc3)C[C@@H]3CC[C@@H](C)[C@@](O)(O3)C(=O)C(=O)N3CCCC[C@H]3C(=O)O2)CC[C@H]1OCCO. The van der Waals surface area contributed by atoms with Crippen LogP contribution in [-0.4, -0.2) is 151 Å². The second-order valence-electron chi connectivity index (χ2n) is 22.0. The number of allylic oxidation sites excluding steroid dienone is 6. The molecule has 2 bridgehead atoms. The molecule has 3 fully saturated rings. The van der Waals surface area contributed by atoms with Crippen molar-refractivity contribution in [2.75, 3.05) is 47.2 Å². The third kappa shape index (κ3) is 17.6. The fourth-order valence-electron chi connectivity index (χ4n) is 11.3. The number of esters is 1. The number of hydrogen-bond acceptors (Lipinski definition) is 15. The number of piperidine rings is 1. The second kappa shape index (κ2) is 30.7. The Morgan fingerprint density at radius 3 is 2.28 bits per heavy atom. The third-order valence-electron chi connectivity index (χ3n) is 16.0. The molecule has 1 amide bonds. The van der Waals surface area contributed by atoms with Crippen LogP contribution in [0.25, 0.3) is 0 Å². The average Bonchev–Trinajstić information content (AvgIpc) is 3.41. The van der Waals surface area contributed by atoms with Crippen molar-refractivity contribution < 1.29 is 72.5 Å². The first-order chi connectivity index (χ1) is 36.3. The summed E-state index contributed by atoms with van der Waals surface area (Å²) in [6.07, 6.45) is 11.5. The van der Waals surface area contributed by atoms with E-state index >= 15 is 0 Å². The molecule has 3 N–H and O–H groups in total. The molecule has 0 aromatic heterocycles. The molecule has 0 unspecified atom stereocenters. The third-order valence-corrected chi connectivity index (χ3v) is 16.0. The van der Waals surface area contributed by atoms with Gasteiger partial charge in [0.2, 0.25) is 5.79 Å². The van der Waals surface area contributed by atoms with Gasteiger partial charge in [-0.05, 0) is 119 Å². The van der Waals surface area contributed by atoms with Crippen molar-refractivity contribution in [3.8, 4) is 5.75 Å². The van der Waals surface area contributed by atoms with Gasteiger partial charge in [0.1, 0.15) is 42.5 Å². The smallest absolute Gasteiger partial charge is 0.329 e. The number of nitrogens with zero attached hydrogens (tertiary/aromatic N) is 1. The molecule has 424 valence electrons. The van der Waals surface area contributed by atoms with Crippen molar-refractivity contribution in [3.05, 3.63) is 77.9 Å². The number of ketones is 3. The molecule has 15 atom stereocenters. The van der Waals surface area contributed by atoms with E-state index in [1.807, 2.05) is 88.4 Å². The summed E-state index contributed by atoms with van der Waals surface area (Å²) in [5.41, 5.74) is 1.22. The largest absolute Gasteiger partial charge is 0.491 e. The molecule has 3 aliphatic heterocycles. The zero-order chi connectivity index (χ0) is 55.5. The first-order valence-electron chi connectivity index (χ1n) is 27.8. The van der Waals surface area contributed by atoms with Gasteiger partial charge in [0.05, 0.1) is 44.2 Å². The van der Waals surface area contributed by atoms with Crippen molar-refractivity contribution in [3.63, 3.8) is 0 Å². The lowest BCUT2D eigenvalue weighted by molar-refractivity contribution is -0.266. The van der Waals surface area contributed by atoms with E-state index in [1.54, 1.807) is 34.0 Å². The lowest BCUT2D eigenvalue weighted by atomic mass is 9.78. The Bertz CT molecular complexity index is 2160. The van der Waals surface area contributed by atoms with E-state index in [1.165, 1.54) is 12.0 Å². The molecule has 1 aliphatic carbocycles. The summed E-state index contributed by atoms with van der Waals surface area (Å²) in [7, 11) is 3.01. The van der Waals surface area contributed by atoms with Crippen molar-refractivity contribution in [1.82, 2.24) is 4.90 Å². The summed E-state index contributed by atoms with van der Waals surface area (Å²) < 4.78 is 42.3. The Hall–Kier alpha value is -4.39. The Balaban J connectivity index is 1.46. The number of carbonyl (C=O) groups is 5. The number of aliphatic hydroxyl groups excluding tert-OH is 2. The monoisotopic (exact) mass is 1060 g/mol. The summed E-state index contributed by atoms with van der Waals surface area (Å²) in [5.74, 6) is -7.51. The molecular formula is C60H89NO15. The van der Waals surface area contributed by atoms with Crippen LogP contribution in [0.4, 0.5) is 0 Å². The highest BCUT2D eigenvalue weighted by molar-refractivity contribution is 6.39. The predicted octanol–water partition coefficient (Wildman–Crippen LogP) is 7.65. The second-order valence-corrected chi connectivity index (χ2v) is 22.0. The van der Waals surface area contributed by atoms with Crippen LogP contribution in [0.3, 0.4) is 0 Å². The van der Waals surface area contributed by atoms with E-state index < -0.39 is 77.8 Å². The van der Waals surface area contributed by atoms with Crippen LogP contribution >= 0.6 is 0 Å². The number of rotatable bonds is 13. The molecule has 1 aromatic carbocycles. The molecule has 0 radical (unpaired) electrons. The van der Waals surface area contributed by atoms with Gasteiger partial charge in [-0.3, -0.25) is 19.2 Å². The van der Waals surface area contributed by atoms with Gasteiger partial charge in [0.15, 0.2) is 5.78 Å². The standard InChI is InChI=1S/C60H89NO15/c1-38-18-12-10-13-19-39(2)51(74-31-30-72-46-20-14-11-15-21-46)36-47-25-23-44(7)60(69,76-47)57(66)58(67)61-27-17-16-22-48(61)59(68)75-52(41(4)34-45-24-26-50(73-29-28-62)53(35-45)70-8)37-49(63)40(3)33-43(6)55(65)56(71-9)54(64)42(5)32-38/h10-15,18-21,33,38,40-42,44-45,47-48,50-53,55-56,62,65,69H,16-17,22-32,34-37H2,1-9H3/b13-10+,18-12+,39-19+,43-33+/t38-,40-,41-,42-,44-,45+,47+,48+,50-,51-,52+,53-,55-,56+,60-/m1/s1. The predicted molar refractivity (Wildman–Crippen MR) is 287 cm³/mol. The summed E-state index contributed by atoms with van der Waals surface area (Å²) in [6.45, 7) is 13.3. The van der Waals surface area contributed by atoms with Crippen LogP contribution in [0.5, 0.6) is 5.75 Å². The number of cyclic esters (lactones) is 1. The van der Waals surface area contributed by atoms with Crippen LogP contribution in [0.1, 0.15) is 126 Å². The number of aliphatic hydroxyl groups is 3. The molecule has 16 nitrogen and oxygen atoms in total. The quantitative estimate of drug-likeness (QED) is 0.0749. The molecule has 1 saturated carbocycles. The average molecular weight is 1060 g/mol. The first kappa shape index (κ1) is 62.5. The molecule has 4 aliphatic rings. The normalized spacial score (nSPS) is 36.2. The highest BCUT2D eigenvalue weighted by Crippen LogP contribution is 2.38. The molecule has 76 heavy (non-hydrogen) atoms. The fraction of sp³-hybridized carbons (Fsp3) is 0.683. The topological polar surface area (TPSA) is 214 Å². The van der Waals surface area contributed by atoms with Gasteiger partial charge in [0, 0.05) is 51.4 Å². The minimum atomic E-state index is -2.49. The van der Waals surface area contributed by atoms with Gasteiger partial charge in [0.25, 0.3) is 11.7 Å². The van der Waals surface area contributed by atoms with Gasteiger partial charge < -0.3 is 53.4 Å². The number of methoxy groups -OCH3 is 2. The Morgan fingerprint density at radius 2 is 1.57 bits per heavy atom. The van der Waals surface area contributed by atoms with Crippen LogP contribution in [0, 0.1) is 35.5 Å². The molecule has 0 spiro atoms. The molecule has 16 heteroatoms. The van der Waals surface area contributed by atoms with Crippen molar-refractivity contribution in [2.24, 2.45) is 35.5 Å². The summed E-state index contributed by atoms with van der Waals surface area (Å²) in [5, 5.41) is 33.2. The van der Waals surface area contributed by atoms with Crippen LogP contribution in [0.15, 0.2) is 77.9 Å². The highest BCUT2D eigenvalue weighted by atomic mass is 16.6. The number of amides is 1. The first-order valence-corrected chi connectivity index (χ1v) is 27.8. The van der Waals surface area contributed by atoms with Crippen LogP contribution in [-0.2, 0) is 52.4 Å². The highest BCUT2D eigenvalue weighted by Gasteiger charge is 2.53. The molecule has 1 aromatic rings.